The number of primary amides is 1. The van der Waals surface area contributed by atoms with E-state index < -0.39 is 273 Å². The smallest absolute Gasteiger partial charge is 0.328 e. The Morgan fingerprint density at radius 3 is 1.64 bits per heavy atom. The van der Waals surface area contributed by atoms with Crippen molar-refractivity contribution in [2.75, 3.05) is 39.3 Å². The van der Waals surface area contributed by atoms with Crippen LogP contribution in [0.3, 0.4) is 0 Å². The number of nitrogens with two attached hydrogens (primary N) is 4. The Labute approximate surface area is 721 Å². The minimum absolute atomic E-state index is 0.0231. The Balaban J connectivity index is 1.87. The van der Waals surface area contributed by atoms with Crippen molar-refractivity contribution in [1.29, 1.82) is 0 Å². The first-order chi connectivity index (χ1) is 58.5. The highest BCUT2D eigenvalue weighted by Crippen LogP contribution is 2.25. The zero-order valence-electron chi connectivity index (χ0n) is 72.2. The lowest BCUT2D eigenvalue weighted by Gasteiger charge is -2.34. The van der Waals surface area contributed by atoms with E-state index in [1.807, 2.05) is 0 Å². The van der Waals surface area contributed by atoms with E-state index in [9.17, 15) is 118 Å². The van der Waals surface area contributed by atoms with Crippen LogP contribution in [0.1, 0.15) is 202 Å². The second-order valence-electron chi connectivity index (χ2n) is 32.7. The molecule has 3 heterocycles. The summed E-state index contributed by atoms with van der Waals surface area (Å²) in [4.78, 5) is 229. The molecule has 28 N–H and O–H groups in total. The van der Waals surface area contributed by atoms with E-state index in [0.29, 0.717) is 29.7 Å². The number of aliphatic hydroxyl groups excluding tert-OH is 7. The van der Waals surface area contributed by atoms with E-state index in [0.717, 1.165) is 90.4 Å². The fraction of sp³-hybridized carbons (Fsp3) is 0.728. The molecule has 1 aromatic carbocycles. The second kappa shape index (κ2) is 54.1. The van der Waals surface area contributed by atoms with Crippen molar-refractivity contribution in [1.82, 2.24) is 73.6 Å². The van der Waals surface area contributed by atoms with Crippen LogP contribution in [0.5, 0.6) is 5.75 Å². The van der Waals surface area contributed by atoms with E-state index in [1.165, 1.54) is 45.0 Å². The van der Waals surface area contributed by atoms with Crippen LogP contribution < -0.4 is 86.7 Å². The topological polar surface area (TPSA) is 699 Å². The molecule has 0 aromatic heterocycles. The van der Waals surface area contributed by atoms with Crippen molar-refractivity contribution in [3.05, 3.63) is 29.8 Å². The molecule has 43 heteroatoms. The van der Waals surface area contributed by atoms with Crippen molar-refractivity contribution >= 4 is 94.6 Å². The van der Waals surface area contributed by atoms with Gasteiger partial charge in [0.25, 0.3) is 0 Å². The Morgan fingerprint density at radius 1 is 0.548 bits per heavy atom. The number of aromatic hydroxyl groups is 1. The van der Waals surface area contributed by atoms with Crippen molar-refractivity contribution in [3.63, 3.8) is 0 Å². The lowest BCUT2D eigenvalue weighted by molar-refractivity contribution is -0.155. The van der Waals surface area contributed by atoms with Gasteiger partial charge in [0, 0.05) is 32.5 Å². The number of ether oxygens (including phenoxy) is 1. The summed E-state index contributed by atoms with van der Waals surface area (Å²) in [6.07, 6.45) is -6.75. The molecule has 1 unspecified atom stereocenters. The van der Waals surface area contributed by atoms with Gasteiger partial charge in [-0.15, -0.1) is 0 Å². The summed E-state index contributed by atoms with van der Waals surface area (Å²) in [5, 5.41) is 117. The summed E-state index contributed by atoms with van der Waals surface area (Å²) in [5.41, 5.74) is 23.2. The molecule has 15 amide bonds. The van der Waals surface area contributed by atoms with Gasteiger partial charge >= 0.3 is 5.97 Å². The molecular weight excluding hydrogens is 1620 g/mol. The molecule has 700 valence electrons. The van der Waals surface area contributed by atoms with Crippen LogP contribution in [0.25, 0.3) is 0 Å². The third-order valence-corrected chi connectivity index (χ3v) is 21.6. The molecule has 0 aliphatic carbocycles. The van der Waals surface area contributed by atoms with Gasteiger partial charge in [0.05, 0.1) is 68.2 Å². The number of nitrogens with zero attached hydrogens (tertiary/aromatic N) is 2. The quantitative estimate of drug-likeness (QED) is 0.0222. The standard InChI is InChI=1S/C81H136N18O25/c1-9-10-11-12-13-14-15-16-17-18-19-23-51-38-60(109)92-63(44(5)100)75(117)88-43(4)69(111)91-55(36-48-27-29-49(104)30-28-48)72(114)94-62(42(2)3)79(121)99-41-50(105)37-56(99)73(115)95-65(46(7)102)77(119)96-66(47(8)103)80(122)98-35-31-57(106)68(98)78(120)97-67(58(107)39-59(85)108)74(116)87-40-61(110)93-64(45(6)101)76(118)90-54(81(123)124-51)26-22-34-86-71(113)53(25-21-33-83)89-70(112)52(84)24-20-32-82/h27-30,42-47,50-58,62-68,100-107H,9-26,31-41,82-84H2,1-8H3,(H2,85,108)(H,86,113)(H,87,116)(H,88,117)(H,89,112)(H,90,118)(H,91,111)(H,92,109)(H,93,110)(H,94,114)(H,95,115)(H,96,119)(H,97,120)/t43-,44-,45-,46-,47-,50-,51-,52+,53-,54+,55+,56+,57+,58-,62+,63-,64-,65-,66+,67?,68+/m1/s1. The van der Waals surface area contributed by atoms with Crippen LogP contribution in [-0.4, -0.2) is 312 Å². The Hall–Kier alpha value is -9.86. The highest BCUT2D eigenvalue weighted by molar-refractivity contribution is 6.01. The molecule has 21 atom stereocenters. The Morgan fingerprint density at radius 2 is 1.06 bits per heavy atom. The maximum atomic E-state index is 14.9. The number of unbranched alkanes of at least 4 members (excludes halogenated alkanes) is 10. The molecule has 43 nitrogen and oxygen atoms in total. The number of phenolic OH excluding ortho intramolecular Hbond substituents is 1. The highest BCUT2D eigenvalue weighted by atomic mass is 16.5. The van der Waals surface area contributed by atoms with Gasteiger partial charge in [0.2, 0.25) is 88.6 Å². The maximum Gasteiger partial charge on any atom is 0.328 e. The number of fused-ring (bicyclic) bond motifs is 2. The number of phenols is 1. The first-order valence-corrected chi connectivity index (χ1v) is 42.9. The number of carbonyl (C=O) groups excluding carboxylic acids is 16. The number of hydrogen-bond acceptors (Lipinski definition) is 28. The fourth-order valence-electron chi connectivity index (χ4n) is 14.4. The number of carbonyl (C=O) groups is 16. The van der Waals surface area contributed by atoms with Crippen molar-refractivity contribution in [2.24, 2.45) is 28.9 Å². The van der Waals surface area contributed by atoms with Crippen LogP contribution in [-0.2, 0) is 87.9 Å². The van der Waals surface area contributed by atoms with Gasteiger partial charge in [-0.3, -0.25) is 71.9 Å². The third kappa shape index (κ3) is 35.3. The third-order valence-electron chi connectivity index (χ3n) is 21.6. The molecule has 3 aliphatic heterocycles. The largest absolute Gasteiger partial charge is 0.508 e. The molecule has 3 fully saturated rings. The van der Waals surface area contributed by atoms with Gasteiger partial charge in [-0.05, 0) is 129 Å². The summed E-state index contributed by atoms with van der Waals surface area (Å²) in [6.45, 7) is 8.57. The molecule has 124 heavy (non-hydrogen) atoms. The van der Waals surface area contributed by atoms with Crippen LogP contribution in [0.2, 0.25) is 0 Å². The molecular formula is C81H136N18O25. The number of esters is 1. The monoisotopic (exact) mass is 1760 g/mol. The average molecular weight is 1760 g/mol. The number of nitrogens with one attached hydrogen (secondary N) is 12. The molecule has 1 aromatic rings. The van der Waals surface area contributed by atoms with E-state index in [1.54, 1.807) is 0 Å². The molecule has 3 saturated heterocycles. The van der Waals surface area contributed by atoms with Gasteiger partial charge in [0.1, 0.15) is 84.4 Å². The van der Waals surface area contributed by atoms with Gasteiger partial charge in [-0.1, -0.05) is 97.1 Å². The number of amides is 15. The first kappa shape index (κ1) is 106. The van der Waals surface area contributed by atoms with E-state index in [4.69, 9.17) is 27.7 Å². The number of rotatable bonds is 35. The SMILES string of the molecule is CCCCCCCCCCCCC[C@@H]1CC(=O)N[C@H]([C@@H](C)O)C(=O)N[C@H](C)C(=O)N[C@@H](Cc2ccc(O)cc2)C(=O)N[C@@H](C(C)C)C(=O)N2C[C@H](O)C[C@H]2C(=O)N[C@H]([C@@H](C)O)C(=O)N[C@@H]([C@@H](C)O)C(=O)N2CC[C@H](O)[C@H]2C(=O)NC([C@H](O)CC(N)=O)C(=O)NCC(=O)N[C@H]([C@@H](C)O)C(=O)N[C@@H](CCCNC(=O)[C@@H](CCCN)NC(=O)[C@@H](N)CCCN)C(=O)O1. The Bertz CT molecular complexity index is 3690. The molecule has 0 radical (unpaired) electrons. The van der Waals surface area contributed by atoms with E-state index >= 15 is 0 Å². The zero-order valence-corrected chi connectivity index (χ0v) is 72.2. The van der Waals surface area contributed by atoms with Crippen LogP contribution >= 0.6 is 0 Å². The van der Waals surface area contributed by atoms with Crippen molar-refractivity contribution in [2.45, 2.75) is 330 Å². The normalized spacial score (nSPS) is 26.5. The zero-order chi connectivity index (χ0) is 92.8. The minimum atomic E-state index is -2.28. The molecule has 0 saturated carbocycles. The van der Waals surface area contributed by atoms with E-state index in [-0.39, 0.29) is 70.3 Å². The molecule has 4 rings (SSSR count). The molecule has 0 bridgehead atoms. The van der Waals surface area contributed by atoms with Crippen LogP contribution in [0.15, 0.2) is 24.3 Å². The predicted octanol–water partition coefficient (Wildman–Crippen LogP) is -7.02. The van der Waals surface area contributed by atoms with Gasteiger partial charge in [-0.25, -0.2) is 4.79 Å². The summed E-state index contributed by atoms with van der Waals surface area (Å²) in [7, 11) is 0. The lowest BCUT2D eigenvalue weighted by Crippen LogP contribution is -2.64. The number of hydrogen-bond donors (Lipinski definition) is 24. The highest BCUT2D eigenvalue weighted by Gasteiger charge is 2.49. The van der Waals surface area contributed by atoms with Crippen LogP contribution in [0.4, 0.5) is 0 Å². The summed E-state index contributed by atoms with van der Waals surface area (Å²) in [5.74, 6) is -19.2. The lowest BCUT2D eigenvalue weighted by atomic mass is 9.99. The second-order valence-corrected chi connectivity index (χ2v) is 32.7. The van der Waals surface area contributed by atoms with Gasteiger partial charge in [0.15, 0.2) is 0 Å². The van der Waals surface area contributed by atoms with Crippen molar-refractivity contribution in [3.8, 4) is 5.75 Å². The average Bonchev–Trinajstić information content (AvgIpc) is 1.63. The molecule has 3 aliphatic rings. The first-order valence-electron chi connectivity index (χ1n) is 42.9. The molecule has 0 spiro atoms. The number of benzene rings is 1. The minimum Gasteiger partial charge on any atom is -0.508 e. The summed E-state index contributed by atoms with van der Waals surface area (Å²) in [6, 6.07) is -17.2. The van der Waals surface area contributed by atoms with Gasteiger partial charge in [-0.2, -0.15) is 0 Å². The predicted molar refractivity (Wildman–Crippen MR) is 446 cm³/mol. The number of cyclic esters (lactones) is 1. The maximum absolute atomic E-state index is 14.9. The van der Waals surface area contributed by atoms with Gasteiger partial charge < -0.3 is 142 Å². The van der Waals surface area contributed by atoms with Crippen molar-refractivity contribution < 1.29 is 122 Å². The van der Waals surface area contributed by atoms with E-state index in [2.05, 4.69) is 70.7 Å². The number of aliphatic hydroxyl groups is 7. The van der Waals surface area contributed by atoms with Crippen LogP contribution in [0, 0.1) is 5.92 Å². The Kier molecular flexibility index (Phi) is 46.5. The summed E-state index contributed by atoms with van der Waals surface area (Å²) < 4.78 is 6.08. The fourth-order valence-corrected chi connectivity index (χ4v) is 14.4. The summed E-state index contributed by atoms with van der Waals surface area (Å²) >= 11 is 0.